The number of rotatable bonds is 11. The van der Waals surface area contributed by atoms with Gasteiger partial charge in [0.25, 0.3) is 5.91 Å². The summed E-state index contributed by atoms with van der Waals surface area (Å²) >= 11 is 0. The lowest BCUT2D eigenvalue weighted by molar-refractivity contribution is -0.127. The number of benzene rings is 3. The summed E-state index contributed by atoms with van der Waals surface area (Å²) in [7, 11) is 0.496. The van der Waals surface area contributed by atoms with Gasteiger partial charge in [0.2, 0.25) is 10.0 Å². The average molecular weight is 615 g/mol. The first-order chi connectivity index (χ1) is 21.1. The fraction of sp³-hybridized carbons (Fsp3) is 0.353. The molecule has 0 aromatic heterocycles. The molecule has 1 saturated heterocycles. The van der Waals surface area contributed by atoms with E-state index in [2.05, 4.69) is 41.1 Å². The summed E-state index contributed by atoms with van der Waals surface area (Å²) < 4.78 is 27.8. The molecule has 4 N–H and O–H groups in total. The van der Waals surface area contributed by atoms with Crippen molar-refractivity contribution in [2.24, 2.45) is 22.4 Å². The molecule has 0 saturated carbocycles. The summed E-state index contributed by atoms with van der Waals surface area (Å²) in [6.45, 7) is 5.44. The third-order valence-corrected chi connectivity index (χ3v) is 9.84. The maximum atomic E-state index is 13.8. The van der Waals surface area contributed by atoms with Crippen molar-refractivity contribution in [1.82, 2.24) is 14.1 Å². The van der Waals surface area contributed by atoms with Crippen molar-refractivity contribution in [1.29, 1.82) is 0 Å². The summed E-state index contributed by atoms with van der Waals surface area (Å²) in [6, 6.07) is 21.1. The van der Waals surface area contributed by atoms with Gasteiger partial charge >= 0.3 is 0 Å². The van der Waals surface area contributed by atoms with Gasteiger partial charge in [-0.3, -0.25) is 4.79 Å². The van der Waals surface area contributed by atoms with Crippen LogP contribution in [0.3, 0.4) is 0 Å². The second kappa shape index (κ2) is 13.4. The first-order valence-corrected chi connectivity index (χ1v) is 16.5. The van der Waals surface area contributed by atoms with E-state index in [0.29, 0.717) is 49.8 Å². The minimum atomic E-state index is -3.59. The summed E-state index contributed by atoms with van der Waals surface area (Å²) in [4.78, 5) is 22.7. The third kappa shape index (κ3) is 7.10. The Labute approximate surface area is 260 Å². The number of hydrogen-bond acceptors (Lipinski definition) is 7. The van der Waals surface area contributed by atoms with Crippen LogP contribution in [0.15, 0.2) is 82.2 Å². The smallest absolute Gasteiger partial charge is 0.250 e. The van der Waals surface area contributed by atoms with E-state index >= 15 is 0 Å². The summed E-state index contributed by atoms with van der Waals surface area (Å²) in [6.07, 6.45) is 2.96. The number of amides is 1. The molecule has 10 heteroatoms. The topological polar surface area (TPSA) is 125 Å². The highest BCUT2D eigenvalue weighted by molar-refractivity contribution is 7.89. The Morgan fingerprint density at radius 3 is 2.32 bits per heavy atom. The SMILES string of the molecule is CCCN(Cc1ccc(CN(C)C)cc1)C(=O)C1=Cc2ccc(-c3cccc(S(=O)(=O)N4CC(CN)C4)c3)cc2N=C(N)C1. The van der Waals surface area contributed by atoms with Gasteiger partial charge in [-0.15, -0.1) is 0 Å². The van der Waals surface area contributed by atoms with E-state index in [-0.39, 0.29) is 23.1 Å². The fourth-order valence-corrected chi connectivity index (χ4v) is 7.26. The van der Waals surface area contributed by atoms with Crippen molar-refractivity contribution in [3.05, 3.63) is 89.0 Å². The van der Waals surface area contributed by atoms with Gasteiger partial charge < -0.3 is 21.3 Å². The molecular formula is C34H42N6O3S. The van der Waals surface area contributed by atoms with Crippen LogP contribution in [-0.2, 0) is 27.9 Å². The monoisotopic (exact) mass is 614 g/mol. The number of carbonyl (C=O) groups excluding carboxylic acids is 1. The number of fused-ring (bicyclic) bond motifs is 1. The maximum absolute atomic E-state index is 13.8. The van der Waals surface area contributed by atoms with E-state index in [1.165, 1.54) is 9.87 Å². The number of aliphatic imine (C=N–C) groups is 1. The molecule has 2 heterocycles. The number of sulfonamides is 1. The summed E-state index contributed by atoms with van der Waals surface area (Å²) in [5, 5.41) is 0. The van der Waals surface area contributed by atoms with Crippen LogP contribution in [0, 0.1) is 5.92 Å². The van der Waals surface area contributed by atoms with Crippen molar-refractivity contribution < 1.29 is 13.2 Å². The highest BCUT2D eigenvalue weighted by Gasteiger charge is 2.36. The van der Waals surface area contributed by atoms with Crippen molar-refractivity contribution >= 4 is 33.5 Å². The highest BCUT2D eigenvalue weighted by Crippen LogP contribution is 2.34. The van der Waals surface area contributed by atoms with Crippen molar-refractivity contribution in [3.63, 3.8) is 0 Å². The standard InChI is InChI=1S/C34H42N6O3S/c1-4-14-39(21-25-10-8-24(9-11-25)20-38(2)3)34(41)30-15-29-13-12-28(17-32(29)37-33(36)18-30)27-6-5-7-31(16-27)44(42,43)40-22-26(19-35)23-40/h5-13,15-17,26H,4,14,18-23,35H2,1-3H3,(H2,36,37). The lowest BCUT2D eigenvalue weighted by atomic mass is 10.0. The van der Waals surface area contributed by atoms with Gasteiger partial charge in [0.05, 0.1) is 10.6 Å². The zero-order valence-electron chi connectivity index (χ0n) is 25.7. The Hall–Kier alpha value is -3.83. The fourth-order valence-electron chi connectivity index (χ4n) is 5.62. The average Bonchev–Trinajstić information content (AvgIpc) is 3.14. The number of nitrogens with two attached hydrogens (primary N) is 2. The first kappa shape index (κ1) is 31.6. The zero-order chi connectivity index (χ0) is 31.4. The van der Waals surface area contributed by atoms with Crippen LogP contribution >= 0.6 is 0 Å². The Bertz CT molecular complexity index is 1680. The van der Waals surface area contributed by atoms with Gasteiger partial charge in [-0.25, -0.2) is 13.4 Å². The molecule has 44 heavy (non-hydrogen) atoms. The van der Waals surface area contributed by atoms with Gasteiger partial charge in [-0.2, -0.15) is 4.31 Å². The van der Waals surface area contributed by atoms with E-state index in [9.17, 15) is 13.2 Å². The molecule has 0 radical (unpaired) electrons. The number of amidine groups is 1. The highest BCUT2D eigenvalue weighted by atomic mass is 32.2. The lowest BCUT2D eigenvalue weighted by Crippen LogP contribution is -2.52. The Morgan fingerprint density at radius 2 is 1.66 bits per heavy atom. The molecule has 2 aliphatic rings. The Morgan fingerprint density at radius 1 is 0.977 bits per heavy atom. The number of carbonyl (C=O) groups is 1. The quantitative estimate of drug-likeness (QED) is 0.333. The Kier molecular flexibility index (Phi) is 9.65. The molecule has 232 valence electrons. The second-order valence-corrected chi connectivity index (χ2v) is 13.9. The van der Waals surface area contributed by atoms with Crippen molar-refractivity contribution in [3.8, 4) is 11.1 Å². The van der Waals surface area contributed by atoms with E-state index in [0.717, 1.165) is 35.2 Å². The molecule has 1 fully saturated rings. The predicted octanol–water partition coefficient (Wildman–Crippen LogP) is 4.21. The Balaban J connectivity index is 1.38. The molecule has 1 amide bonds. The van der Waals surface area contributed by atoms with E-state index in [4.69, 9.17) is 11.5 Å². The van der Waals surface area contributed by atoms with Gasteiger partial charge in [0.1, 0.15) is 5.84 Å². The van der Waals surface area contributed by atoms with Gasteiger partial charge in [0, 0.05) is 50.3 Å². The van der Waals surface area contributed by atoms with Gasteiger partial charge in [-0.05, 0) is 79.5 Å². The van der Waals surface area contributed by atoms with Crippen molar-refractivity contribution in [2.45, 2.75) is 37.8 Å². The largest absolute Gasteiger partial charge is 0.387 e. The molecule has 0 atom stereocenters. The van der Waals surface area contributed by atoms with Crippen LogP contribution in [-0.4, -0.2) is 74.5 Å². The summed E-state index contributed by atoms with van der Waals surface area (Å²) in [5.41, 5.74) is 17.9. The van der Waals surface area contributed by atoms with Crippen LogP contribution in [0.1, 0.15) is 36.5 Å². The molecule has 5 rings (SSSR count). The number of hydrogen-bond donors (Lipinski definition) is 2. The molecule has 0 bridgehead atoms. The molecular weight excluding hydrogens is 572 g/mol. The second-order valence-electron chi connectivity index (χ2n) is 12.0. The molecule has 0 unspecified atom stereocenters. The summed E-state index contributed by atoms with van der Waals surface area (Å²) in [5.74, 6) is 0.507. The molecule has 3 aromatic carbocycles. The first-order valence-electron chi connectivity index (χ1n) is 15.1. The third-order valence-electron chi connectivity index (χ3n) is 8.01. The van der Waals surface area contributed by atoms with Crippen LogP contribution in [0.2, 0.25) is 0 Å². The molecule has 9 nitrogen and oxygen atoms in total. The molecule has 0 spiro atoms. The van der Waals surface area contributed by atoms with Gasteiger partial charge in [-0.1, -0.05) is 55.5 Å². The normalized spacial score (nSPS) is 15.7. The van der Waals surface area contributed by atoms with Crippen molar-refractivity contribution in [2.75, 3.05) is 40.3 Å². The minimum Gasteiger partial charge on any atom is -0.387 e. The molecule has 3 aromatic rings. The van der Waals surface area contributed by atoms with Crippen LogP contribution in [0.5, 0.6) is 0 Å². The zero-order valence-corrected chi connectivity index (χ0v) is 26.6. The maximum Gasteiger partial charge on any atom is 0.250 e. The lowest BCUT2D eigenvalue weighted by Gasteiger charge is -2.37. The van der Waals surface area contributed by atoms with Gasteiger partial charge in [0.15, 0.2) is 0 Å². The molecule has 2 aliphatic heterocycles. The van der Waals surface area contributed by atoms with E-state index in [1.54, 1.807) is 18.2 Å². The minimum absolute atomic E-state index is 0.0555. The van der Waals surface area contributed by atoms with Crippen LogP contribution < -0.4 is 11.5 Å². The number of nitrogens with zero attached hydrogens (tertiary/aromatic N) is 4. The van der Waals surface area contributed by atoms with Crippen LogP contribution in [0.4, 0.5) is 5.69 Å². The van der Waals surface area contributed by atoms with E-state index < -0.39 is 10.0 Å². The van der Waals surface area contributed by atoms with E-state index in [1.807, 2.05) is 49.3 Å². The predicted molar refractivity (Wildman–Crippen MR) is 177 cm³/mol. The molecule has 0 aliphatic carbocycles. The van der Waals surface area contributed by atoms with Crippen LogP contribution in [0.25, 0.3) is 17.2 Å².